The zero-order chi connectivity index (χ0) is 19.1. The van der Waals surface area contributed by atoms with Crippen molar-refractivity contribution in [1.29, 1.82) is 0 Å². The minimum Gasteiger partial charge on any atom is -0.497 e. The number of rotatable bonds is 8. The summed E-state index contributed by atoms with van der Waals surface area (Å²) in [6.45, 7) is 0.281. The van der Waals surface area contributed by atoms with Crippen LogP contribution >= 0.6 is 11.6 Å². The van der Waals surface area contributed by atoms with Crippen LogP contribution in [0.25, 0.3) is 11.4 Å². The Morgan fingerprint density at radius 2 is 2.00 bits per heavy atom. The highest BCUT2D eigenvalue weighted by Crippen LogP contribution is 2.21. The number of aromatic nitrogens is 2. The Morgan fingerprint density at radius 1 is 1.19 bits per heavy atom. The predicted molar refractivity (Wildman–Crippen MR) is 99.9 cm³/mol. The molecule has 0 saturated carbocycles. The molecule has 0 aliphatic carbocycles. The third-order valence-electron chi connectivity index (χ3n) is 3.64. The minimum atomic E-state index is -0.238. The van der Waals surface area contributed by atoms with Crippen LogP contribution in [0.4, 0.5) is 0 Å². The molecule has 0 spiro atoms. The van der Waals surface area contributed by atoms with E-state index < -0.39 is 0 Å². The van der Waals surface area contributed by atoms with E-state index in [9.17, 15) is 4.79 Å². The van der Waals surface area contributed by atoms with Crippen LogP contribution in [0.3, 0.4) is 0 Å². The lowest BCUT2D eigenvalue weighted by Crippen LogP contribution is -2.30. The number of carbonyl (C=O) groups excluding carboxylic acids is 1. The van der Waals surface area contributed by atoms with Crippen LogP contribution in [0.2, 0.25) is 5.02 Å². The van der Waals surface area contributed by atoms with Gasteiger partial charge in [0.25, 0.3) is 5.91 Å². The number of ether oxygens (including phenoxy) is 2. The van der Waals surface area contributed by atoms with Crippen molar-refractivity contribution < 1.29 is 18.8 Å². The molecule has 27 heavy (non-hydrogen) atoms. The first-order chi connectivity index (χ1) is 13.1. The van der Waals surface area contributed by atoms with E-state index in [1.807, 2.05) is 24.3 Å². The SMILES string of the molecule is COc1cccc(-c2noc(CCNC(=O)COc3ccc(Cl)cc3)n2)c1. The van der Waals surface area contributed by atoms with Gasteiger partial charge < -0.3 is 19.3 Å². The van der Waals surface area contributed by atoms with Crippen molar-refractivity contribution in [3.05, 3.63) is 59.4 Å². The molecule has 0 fully saturated rings. The monoisotopic (exact) mass is 387 g/mol. The van der Waals surface area contributed by atoms with Gasteiger partial charge in [-0.15, -0.1) is 0 Å². The number of nitrogens with one attached hydrogen (secondary N) is 1. The fourth-order valence-electron chi connectivity index (χ4n) is 2.28. The Balaban J connectivity index is 1.44. The van der Waals surface area contributed by atoms with Gasteiger partial charge in [0.2, 0.25) is 11.7 Å². The molecule has 2 aromatic carbocycles. The Morgan fingerprint density at radius 3 is 2.78 bits per heavy atom. The van der Waals surface area contributed by atoms with E-state index in [0.29, 0.717) is 41.2 Å². The Labute approximate surface area is 161 Å². The van der Waals surface area contributed by atoms with Gasteiger partial charge in [-0.3, -0.25) is 4.79 Å². The second-order valence-electron chi connectivity index (χ2n) is 5.59. The quantitative estimate of drug-likeness (QED) is 0.639. The topological polar surface area (TPSA) is 86.5 Å². The molecule has 0 aliphatic rings. The summed E-state index contributed by atoms with van der Waals surface area (Å²) in [5, 5.41) is 7.31. The Bertz CT molecular complexity index is 896. The summed E-state index contributed by atoms with van der Waals surface area (Å²) < 4.78 is 15.8. The van der Waals surface area contributed by atoms with Crippen LogP contribution in [0.5, 0.6) is 11.5 Å². The van der Waals surface area contributed by atoms with Crippen LogP contribution in [-0.4, -0.2) is 36.3 Å². The van der Waals surface area contributed by atoms with E-state index in [1.54, 1.807) is 31.4 Å². The fourth-order valence-corrected chi connectivity index (χ4v) is 2.40. The molecule has 0 bridgehead atoms. The highest BCUT2D eigenvalue weighted by atomic mass is 35.5. The van der Waals surface area contributed by atoms with E-state index in [1.165, 1.54) is 0 Å². The molecular weight excluding hydrogens is 370 g/mol. The molecular formula is C19H18ClN3O4. The van der Waals surface area contributed by atoms with Crippen molar-refractivity contribution in [2.45, 2.75) is 6.42 Å². The molecule has 0 saturated heterocycles. The number of hydrogen-bond acceptors (Lipinski definition) is 6. The molecule has 3 aromatic rings. The zero-order valence-electron chi connectivity index (χ0n) is 14.6. The van der Waals surface area contributed by atoms with Gasteiger partial charge in [0.1, 0.15) is 11.5 Å². The van der Waals surface area contributed by atoms with Crippen LogP contribution < -0.4 is 14.8 Å². The van der Waals surface area contributed by atoms with Gasteiger partial charge in [0.05, 0.1) is 7.11 Å². The molecule has 0 radical (unpaired) electrons. The Hall–Kier alpha value is -3.06. The fraction of sp³-hybridized carbons (Fsp3) is 0.211. The molecule has 0 atom stereocenters. The molecule has 8 heteroatoms. The van der Waals surface area contributed by atoms with Gasteiger partial charge in [-0.2, -0.15) is 4.98 Å². The van der Waals surface area contributed by atoms with E-state index in [4.69, 9.17) is 25.6 Å². The van der Waals surface area contributed by atoms with Gasteiger partial charge in [0, 0.05) is 23.6 Å². The third-order valence-corrected chi connectivity index (χ3v) is 3.89. The maximum absolute atomic E-state index is 11.8. The summed E-state index contributed by atoms with van der Waals surface area (Å²) in [6, 6.07) is 14.2. The molecule has 140 valence electrons. The molecule has 0 aliphatic heterocycles. The second-order valence-corrected chi connectivity index (χ2v) is 6.02. The summed E-state index contributed by atoms with van der Waals surface area (Å²) in [5.74, 6) is 1.96. The number of hydrogen-bond donors (Lipinski definition) is 1. The summed E-state index contributed by atoms with van der Waals surface area (Å²) in [7, 11) is 1.60. The Kier molecular flexibility index (Phi) is 6.27. The number of halogens is 1. The lowest BCUT2D eigenvalue weighted by Gasteiger charge is -2.06. The van der Waals surface area contributed by atoms with E-state index in [-0.39, 0.29) is 12.5 Å². The van der Waals surface area contributed by atoms with Gasteiger partial charge >= 0.3 is 0 Å². The maximum Gasteiger partial charge on any atom is 0.257 e. The summed E-state index contributed by atoms with van der Waals surface area (Å²) in [6.07, 6.45) is 0.420. The molecule has 1 N–H and O–H groups in total. The molecule has 0 unspecified atom stereocenters. The molecule has 1 heterocycles. The normalized spacial score (nSPS) is 10.4. The first kappa shape index (κ1) is 18.7. The average Bonchev–Trinajstić information content (AvgIpc) is 3.16. The van der Waals surface area contributed by atoms with Crippen molar-refractivity contribution >= 4 is 17.5 Å². The summed E-state index contributed by atoms with van der Waals surface area (Å²) in [5.41, 5.74) is 0.796. The van der Waals surface area contributed by atoms with Crippen molar-refractivity contribution in [2.75, 3.05) is 20.3 Å². The molecule has 3 rings (SSSR count). The van der Waals surface area contributed by atoms with E-state index in [2.05, 4.69) is 15.5 Å². The zero-order valence-corrected chi connectivity index (χ0v) is 15.4. The maximum atomic E-state index is 11.8. The van der Waals surface area contributed by atoms with Crippen molar-refractivity contribution in [3.8, 4) is 22.9 Å². The van der Waals surface area contributed by atoms with Gasteiger partial charge in [0.15, 0.2) is 6.61 Å². The number of methoxy groups -OCH3 is 1. The minimum absolute atomic E-state index is 0.0828. The number of nitrogens with zero attached hydrogens (tertiary/aromatic N) is 2. The van der Waals surface area contributed by atoms with Gasteiger partial charge in [-0.05, 0) is 36.4 Å². The second kappa shape index (κ2) is 9.05. The molecule has 1 aromatic heterocycles. The third kappa shape index (κ3) is 5.46. The molecule has 7 nitrogen and oxygen atoms in total. The van der Waals surface area contributed by atoms with Crippen LogP contribution in [0, 0.1) is 0 Å². The standard InChI is InChI=1S/C19H18ClN3O4/c1-25-16-4-2-3-13(11-16)19-22-18(27-23-19)9-10-21-17(24)12-26-15-7-5-14(20)6-8-15/h2-8,11H,9-10,12H2,1H3,(H,21,24). The predicted octanol–water partition coefficient (Wildman–Crippen LogP) is 3.14. The molecule has 1 amide bonds. The number of carbonyl (C=O) groups is 1. The summed E-state index contributed by atoms with van der Waals surface area (Å²) in [4.78, 5) is 16.2. The van der Waals surface area contributed by atoms with Crippen LogP contribution in [0.1, 0.15) is 5.89 Å². The smallest absolute Gasteiger partial charge is 0.257 e. The van der Waals surface area contributed by atoms with Gasteiger partial charge in [-0.25, -0.2) is 0 Å². The van der Waals surface area contributed by atoms with Crippen molar-refractivity contribution in [1.82, 2.24) is 15.5 Å². The summed E-state index contributed by atoms with van der Waals surface area (Å²) >= 11 is 5.80. The van der Waals surface area contributed by atoms with Crippen LogP contribution in [-0.2, 0) is 11.2 Å². The van der Waals surface area contributed by atoms with E-state index in [0.717, 1.165) is 5.56 Å². The highest BCUT2D eigenvalue weighted by Gasteiger charge is 2.10. The number of amides is 1. The lowest BCUT2D eigenvalue weighted by atomic mass is 10.2. The first-order valence-electron chi connectivity index (χ1n) is 8.26. The van der Waals surface area contributed by atoms with Crippen molar-refractivity contribution in [2.24, 2.45) is 0 Å². The first-order valence-corrected chi connectivity index (χ1v) is 8.64. The van der Waals surface area contributed by atoms with Crippen LogP contribution in [0.15, 0.2) is 53.1 Å². The van der Waals surface area contributed by atoms with Crippen molar-refractivity contribution in [3.63, 3.8) is 0 Å². The highest BCUT2D eigenvalue weighted by molar-refractivity contribution is 6.30. The largest absolute Gasteiger partial charge is 0.497 e. The number of benzene rings is 2. The van der Waals surface area contributed by atoms with E-state index >= 15 is 0 Å². The lowest BCUT2D eigenvalue weighted by molar-refractivity contribution is -0.123. The average molecular weight is 388 g/mol. The van der Waals surface area contributed by atoms with Gasteiger partial charge in [-0.1, -0.05) is 28.9 Å².